The quantitative estimate of drug-likeness (QED) is 0.290. The summed E-state index contributed by atoms with van der Waals surface area (Å²) in [6, 6.07) is 7.99. The van der Waals surface area contributed by atoms with Crippen LogP contribution in [0.15, 0.2) is 29.1 Å². The van der Waals surface area contributed by atoms with E-state index in [-0.39, 0.29) is 30.2 Å². The molecule has 1 aromatic carbocycles. The Morgan fingerprint density at radius 3 is 2.43 bits per heavy atom. The van der Waals surface area contributed by atoms with Crippen LogP contribution in [0.3, 0.4) is 0 Å². The lowest BCUT2D eigenvalue weighted by Crippen LogP contribution is -2.32. The van der Waals surface area contributed by atoms with E-state index >= 15 is 0 Å². The highest BCUT2D eigenvalue weighted by Gasteiger charge is 2.34. The summed E-state index contributed by atoms with van der Waals surface area (Å²) in [6.45, 7) is 14.4. The number of esters is 1. The molecule has 0 amide bonds. The Balaban J connectivity index is 0.000000711. The van der Waals surface area contributed by atoms with Gasteiger partial charge in [0.1, 0.15) is 18.0 Å². The molecule has 1 unspecified atom stereocenters. The van der Waals surface area contributed by atoms with Crippen LogP contribution < -0.4 is 10.3 Å². The van der Waals surface area contributed by atoms with Gasteiger partial charge in [0.2, 0.25) is 0 Å². The minimum atomic E-state index is -0.399. The van der Waals surface area contributed by atoms with Gasteiger partial charge in [-0.05, 0) is 69.0 Å². The summed E-state index contributed by atoms with van der Waals surface area (Å²) in [5.41, 5.74) is 5.80. The molecule has 2 aromatic heterocycles. The second-order valence-corrected chi connectivity index (χ2v) is 9.69. The van der Waals surface area contributed by atoms with Gasteiger partial charge in [-0.3, -0.25) is 14.4 Å². The van der Waals surface area contributed by atoms with Gasteiger partial charge in [0.25, 0.3) is 12.0 Å². The molecule has 2 aliphatic heterocycles. The fourth-order valence-corrected chi connectivity index (χ4v) is 4.98. The number of rotatable bonds is 3. The third-order valence-corrected chi connectivity index (χ3v) is 6.37. The summed E-state index contributed by atoms with van der Waals surface area (Å²) >= 11 is 0. The number of fused-ring (bicyclic) bond motifs is 5. The minimum absolute atomic E-state index is 0.0453. The highest BCUT2D eigenvalue weighted by molar-refractivity contribution is 5.89. The van der Waals surface area contributed by atoms with Gasteiger partial charge in [-0.15, -0.1) is 0 Å². The topological polar surface area (TPSA) is 108 Å². The lowest BCUT2D eigenvalue weighted by atomic mass is 9.90. The molecule has 0 bridgehead atoms. The molecule has 8 nitrogen and oxygen atoms in total. The van der Waals surface area contributed by atoms with Crippen LogP contribution in [0.5, 0.6) is 5.75 Å². The van der Waals surface area contributed by atoms with Crippen molar-refractivity contribution < 1.29 is 24.2 Å². The molecule has 2 aliphatic rings. The van der Waals surface area contributed by atoms with Crippen LogP contribution in [0.25, 0.3) is 22.3 Å². The van der Waals surface area contributed by atoms with E-state index in [0.717, 1.165) is 45.6 Å². The molecule has 4 heterocycles. The van der Waals surface area contributed by atoms with Crippen LogP contribution >= 0.6 is 0 Å². The standard InChI is InChI=1S/C26H28N2O4.C2H6.CH2O2/c1-6-15-18-10-14(32-26(3,4)5)8-9-21(18)27-23-19(15)12-28-22(23)11-17-16(7-2)25(30)31-13-20(17)24(28)29;1-2;2-1-3/h8-11,16H,6-7,12-13H2,1-5H3;1-2H3;1H,(H,2,3). The average molecular weight is 509 g/mol. The number of nitrogens with zero attached hydrogens (tertiary/aromatic N) is 2. The Kier molecular flexibility index (Phi) is 8.41. The number of carboxylic acid groups (broad SMARTS) is 1. The first-order chi connectivity index (χ1) is 17.6. The Labute approximate surface area is 217 Å². The first-order valence-electron chi connectivity index (χ1n) is 12.8. The van der Waals surface area contributed by atoms with E-state index in [1.54, 1.807) is 4.57 Å². The molecular weight excluding hydrogens is 472 g/mol. The number of carbonyl (C=O) groups is 2. The van der Waals surface area contributed by atoms with Crippen molar-refractivity contribution in [1.29, 1.82) is 0 Å². The summed E-state index contributed by atoms with van der Waals surface area (Å²) in [5, 5.41) is 7.95. The lowest BCUT2D eigenvalue weighted by molar-refractivity contribution is -0.148. The Morgan fingerprint density at radius 1 is 1.16 bits per heavy atom. The van der Waals surface area contributed by atoms with Crippen LogP contribution in [0.4, 0.5) is 0 Å². The molecule has 0 fully saturated rings. The second-order valence-electron chi connectivity index (χ2n) is 9.69. The van der Waals surface area contributed by atoms with Crippen LogP contribution in [0, 0.1) is 0 Å². The first-order valence-corrected chi connectivity index (χ1v) is 12.8. The number of aryl methyl sites for hydroxylation is 1. The zero-order valence-electron chi connectivity index (χ0n) is 22.7. The van der Waals surface area contributed by atoms with E-state index in [9.17, 15) is 9.59 Å². The smallest absolute Gasteiger partial charge is 0.313 e. The Bertz CT molecular complexity index is 1380. The number of hydrogen-bond acceptors (Lipinski definition) is 6. The summed E-state index contributed by atoms with van der Waals surface area (Å²) in [6.07, 6.45) is 1.42. The van der Waals surface area contributed by atoms with Crippen LogP contribution in [-0.4, -0.2) is 32.7 Å². The van der Waals surface area contributed by atoms with Gasteiger partial charge < -0.3 is 19.1 Å². The van der Waals surface area contributed by atoms with Gasteiger partial charge in [-0.25, -0.2) is 4.98 Å². The Hall–Kier alpha value is -3.68. The summed E-state index contributed by atoms with van der Waals surface area (Å²) in [7, 11) is 0. The predicted molar refractivity (Wildman–Crippen MR) is 143 cm³/mol. The SMILES string of the molecule is CC.CCc1c2c(nc3ccc(OC(C)(C)C)cc13)-c1cc3c(c(=O)n1C2)COC(=O)C3CC.O=CO. The van der Waals surface area contributed by atoms with Crippen LogP contribution in [-0.2, 0) is 33.9 Å². The zero-order valence-corrected chi connectivity index (χ0v) is 22.7. The minimum Gasteiger partial charge on any atom is -0.488 e. The highest BCUT2D eigenvalue weighted by atomic mass is 16.5. The van der Waals surface area contributed by atoms with E-state index in [4.69, 9.17) is 24.4 Å². The maximum absolute atomic E-state index is 13.4. The Morgan fingerprint density at radius 2 is 1.84 bits per heavy atom. The number of cyclic esters (lactones) is 1. The number of benzene rings is 1. The molecule has 1 N–H and O–H groups in total. The fourth-order valence-electron chi connectivity index (χ4n) is 4.98. The maximum atomic E-state index is 13.4. The monoisotopic (exact) mass is 508 g/mol. The molecule has 0 saturated carbocycles. The summed E-state index contributed by atoms with van der Waals surface area (Å²) in [5.74, 6) is 0.158. The van der Waals surface area contributed by atoms with Crippen molar-refractivity contribution in [2.75, 3.05) is 0 Å². The van der Waals surface area contributed by atoms with Crippen molar-refractivity contribution in [3.8, 4) is 17.1 Å². The fraction of sp³-hybridized carbons (Fsp3) is 0.448. The van der Waals surface area contributed by atoms with E-state index in [2.05, 4.69) is 13.0 Å². The third-order valence-electron chi connectivity index (χ3n) is 6.37. The molecule has 0 saturated heterocycles. The second kappa shape index (κ2) is 11.2. The molecule has 37 heavy (non-hydrogen) atoms. The van der Waals surface area contributed by atoms with Crippen LogP contribution in [0.1, 0.15) is 83.1 Å². The number of hydrogen-bond donors (Lipinski definition) is 1. The van der Waals surface area contributed by atoms with Crippen LogP contribution in [0.2, 0.25) is 0 Å². The lowest BCUT2D eigenvalue weighted by Gasteiger charge is -2.24. The van der Waals surface area contributed by atoms with Crippen molar-refractivity contribution in [3.05, 3.63) is 56.9 Å². The first kappa shape index (κ1) is 27.9. The molecule has 5 rings (SSSR count). The summed E-state index contributed by atoms with van der Waals surface area (Å²) in [4.78, 5) is 39.0. The molecule has 0 aliphatic carbocycles. The molecule has 3 aromatic rings. The van der Waals surface area contributed by atoms with Crippen molar-refractivity contribution in [1.82, 2.24) is 9.55 Å². The van der Waals surface area contributed by atoms with E-state index < -0.39 is 5.92 Å². The van der Waals surface area contributed by atoms with Gasteiger partial charge in [-0.2, -0.15) is 0 Å². The molecule has 198 valence electrons. The van der Waals surface area contributed by atoms with Crippen molar-refractivity contribution in [2.45, 2.75) is 86.0 Å². The van der Waals surface area contributed by atoms with Crippen molar-refractivity contribution in [2.24, 2.45) is 0 Å². The largest absolute Gasteiger partial charge is 0.488 e. The van der Waals surface area contributed by atoms with Gasteiger partial charge in [0.15, 0.2) is 0 Å². The normalized spacial score (nSPS) is 15.2. The van der Waals surface area contributed by atoms with E-state index in [1.165, 1.54) is 5.56 Å². The molecule has 8 heteroatoms. The number of aromatic nitrogens is 2. The van der Waals surface area contributed by atoms with Gasteiger partial charge in [0, 0.05) is 10.9 Å². The molecular formula is C29H36N2O6. The van der Waals surface area contributed by atoms with Crippen molar-refractivity contribution in [3.63, 3.8) is 0 Å². The van der Waals surface area contributed by atoms with E-state index in [1.807, 2.05) is 59.7 Å². The maximum Gasteiger partial charge on any atom is 0.313 e. The van der Waals surface area contributed by atoms with Gasteiger partial charge in [0.05, 0.1) is 34.9 Å². The number of ether oxygens (including phenoxy) is 2. The number of pyridine rings is 2. The average Bonchev–Trinajstić information content (AvgIpc) is 3.22. The molecule has 0 radical (unpaired) electrons. The highest BCUT2D eigenvalue weighted by Crippen LogP contribution is 2.39. The van der Waals surface area contributed by atoms with E-state index in [0.29, 0.717) is 18.5 Å². The zero-order chi connectivity index (χ0) is 27.5. The molecule has 1 atom stereocenters. The predicted octanol–water partition coefficient (Wildman–Crippen LogP) is 5.44. The van der Waals surface area contributed by atoms with Crippen molar-refractivity contribution >= 4 is 23.3 Å². The summed E-state index contributed by atoms with van der Waals surface area (Å²) < 4.78 is 13.2. The molecule has 0 spiro atoms. The van der Waals surface area contributed by atoms with Gasteiger partial charge >= 0.3 is 5.97 Å². The number of carbonyl (C=O) groups excluding carboxylic acids is 1. The third kappa shape index (κ3) is 5.24. The van der Waals surface area contributed by atoms with Gasteiger partial charge in [-0.1, -0.05) is 27.7 Å².